The summed E-state index contributed by atoms with van der Waals surface area (Å²) in [5.74, 6) is 0.865. The van der Waals surface area contributed by atoms with Crippen molar-refractivity contribution in [3.63, 3.8) is 0 Å². The first-order chi connectivity index (χ1) is 8.53. The highest BCUT2D eigenvalue weighted by atomic mass is 16.5. The third kappa shape index (κ3) is 2.94. The summed E-state index contributed by atoms with van der Waals surface area (Å²) in [7, 11) is 4.41. The van der Waals surface area contributed by atoms with Crippen LogP contribution < -0.4 is 14.2 Å². The van der Waals surface area contributed by atoms with Gasteiger partial charge in [0.2, 0.25) is 0 Å². The molecule has 0 amide bonds. The van der Waals surface area contributed by atoms with Crippen LogP contribution in [0.25, 0.3) is 0 Å². The standard InChI is InChI=1S/C13H16O5/c1-8(2)18-13(14)12-10(16-4)6-9(15-3)7-11(12)17-5/h6-7H,1H2,2-5H3. The summed E-state index contributed by atoms with van der Waals surface area (Å²) in [6.07, 6.45) is 0. The maximum absolute atomic E-state index is 11.9. The van der Waals surface area contributed by atoms with E-state index in [1.165, 1.54) is 21.3 Å². The Bertz CT molecular complexity index is 439. The normalized spacial score (nSPS) is 9.56. The fourth-order valence-electron chi connectivity index (χ4n) is 1.42. The van der Waals surface area contributed by atoms with Gasteiger partial charge in [0.25, 0.3) is 0 Å². The largest absolute Gasteiger partial charge is 0.496 e. The molecule has 1 aromatic rings. The lowest BCUT2D eigenvalue weighted by Crippen LogP contribution is -2.08. The molecule has 0 unspecified atom stereocenters. The van der Waals surface area contributed by atoms with Crippen molar-refractivity contribution in [1.29, 1.82) is 0 Å². The summed E-state index contributed by atoms with van der Waals surface area (Å²) < 4.78 is 20.3. The molecule has 0 saturated carbocycles. The Balaban J connectivity index is 3.30. The second kappa shape index (κ2) is 5.95. The Morgan fingerprint density at radius 2 is 1.56 bits per heavy atom. The molecule has 5 heteroatoms. The van der Waals surface area contributed by atoms with E-state index in [4.69, 9.17) is 18.9 Å². The van der Waals surface area contributed by atoms with Crippen LogP contribution in [0.1, 0.15) is 17.3 Å². The molecule has 0 aliphatic rings. The van der Waals surface area contributed by atoms with E-state index in [1.54, 1.807) is 19.1 Å². The first kappa shape index (κ1) is 13.9. The molecule has 0 bridgehead atoms. The van der Waals surface area contributed by atoms with Crippen molar-refractivity contribution in [3.05, 3.63) is 30.0 Å². The number of benzene rings is 1. The maximum Gasteiger partial charge on any atom is 0.350 e. The summed E-state index contributed by atoms with van der Waals surface area (Å²) in [4.78, 5) is 11.9. The van der Waals surface area contributed by atoms with Crippen molar-refractivity contribution in [2.45, 2.75) is 6.92 Å². The zero-order chi connectivity index (χ0) is 13.7. The molecule has 0 radical (unpaired) electrons. The van der Waals surface area contributed by atoms with Crippen molar-refractivity contribution in [1.82, 2.24) is 0 Å². The van der Waals surface area contributed by atoms with Gasteiger partial charge in [-0.15, -0.1) is 0 Å². The van der Waals surface area contributed by atoms with E-state index in [0.29, 0.717) is 23.0 Å². The van der Waals surface area contributed by atoms with Crippen LogP contribution in [-0.2, 0) is 4.74 Å². The lowest BCUT2D eigenvalue weighted by Gasteiger charge is -2.14. The minimum atomic E-state index is -0.584. The molecule has 1 aromatic carbocycles. The van der Waals surface area contributed by atoms with Crippen LogP contribution in [0.4, 0.5) is 0 Å². The molecule has 1 rings (SSSR count). The highest BCUT2D eigenvalue weighted by Crippen LogP contribution is 2.34. The van der Waals surface area contributed by atoms with Crippen LogP contribution in [0.2, 0.25) is 0 Å². The Morgan fingerprint density at radius 1 is 1.06 bits per heavy atom. The van der Waals surface area contributed by atoms with E-state index in [-0.39, 0.29) is 5.56 Å². The zero-order valence-corrected chi connectivity index (χ0v) is 10.9. The molecule has 5 nitrogen and oxygen atoms in total. The highest BCUT2D eigenvalue weighted by Gasteiger charge is 2.21. The van der Waals surface area contributed by atoms with Crippen molar-refractivity contribution >= 4 is 5.97 Å². The quantitative estimate of drug-likeness (QED) is 0.595. The van der Waals surface area contributed by atoms with Crippen LogP contribution in [-0.4, -0.2) is 27.3 Å². The summed E-state index contributed by atoms with van der Waals surface area (Å²) >= 11 is 0. The first-order valence-electron chi connectivity index (χ1n) is 5.21. The van der Waals surface area contributed by atoms with Gasteiger partial charge in [-0.1, -0.05) is 6.58 Å². The predicted molar refractivity (Wildman–Crippen MR) is 66.3 cm³/mol. The topological polar surface area (TPSA) is 54.0 Å². The van der Waals surface area contributed by atoms with Gasteiger partial charge in [0, 0.05) is 12.1 Å². The summed E-state index contributed by atoms with van der Waals surface area (Å²) in [6, 6.07) is 3.16. The molecule has 0 N–H and O–H groups in total. The van der Waals surface area contributed by atoms with E-state index >= 15 is 0 Å². The van der Waals surface area contributed by atoms with E-state index in [2.05, 4.69) is 6.58 Å². The van der Waals surface area contributed by atoms with Crippen molar-refractivity contribution in [2.75, 3.05) is 21.3 Å². The van der Waals surface area contributed by atoms with Crippen LogP contribution in [0.5, 0.6) is 17.2 Å². The maximum atomic E-state index is 11.9. The van der Waals surface area contributed by atoms with Gasteiger partial charge >= 0.3 is 5.97 Å². The number of rotatable bonds is 5. The monoisotopic (exact) mass is 252 g/mol. The lowest BCUT2D eigenvalue weighted by atomic mass is 10.1. The van der Waals surface area contributed by atoms with Gasteiger partial charge in [0.1, 0.15) is 22.8 Å². The minimum Gasteiger partial charge on any atom is -0.496 e. The molecular formula is C13H16O5. The van der Waals surface area contributed by atoms with E-state index in [1.807, 2.05) is 0 Å². The van der Waals surface area contributed by atoms with Crippen molar-refractivity contribution in [2.24, 2.45) is 0 Å². The van der Waals surface area contributed by atoms with Gasteiger partial charge in [0.05, 0.1) is 27.1 Å². The van der Waals surface area contributed by atoms with Crippen LogP contribution in [0.15, 0.2) is 24.5 Å². The third-order valence-electron chi connectivity index (χ3n) is 2.19. The SMILES string of the molecule is C=C(C)OC(=O)c1c(OC)cc(OC)cc1OC. The zero-order valence-electron chi connectivity index (χ0n) is 10.9. The second-order valence-electron chi connectivity index (χ2n) is 3.50. The number of methoxy groups -OCH3 is 3. The molecule has 0 heterocycles. The van der Waals surface area contributed by atoms with Crippen LogP contribution >= 0.6 is 0 Å². The molecule has 18 heavy (non-hydrogen) atoms. The van der Waals surface area contributed by atoms with Gasteiger partial charge in [0.15, 0.2) is 0 Å². The molecular weight excluding hydrogens is 236 g/mol. The number of carbonyl (C=O) groups is 1. The number of esters is 1. The molecule has 0 aliphatic carbocycles. The molecule has 0 aliphatic heterocycles. The highest BCUT2D eigenvalue weighted by molar-refractivity contribution is 5.96. The van der Waals surface area contributed by atoms with Gasteiger partial charge in [-0.3, -0.25) is 0 Å². The first-order valence-corrected chi connectivity index (χ1v) is 5.21. The lowest BCUT2D eigenvalue weighted by molar-refractivity contribution is 0.0620. The summed E-state index contributed by atoms with van der Waals surface area (Å²) in [6.45, 7) is 5.10. The summed E-state index contributed by atoms with van der Waals surface area (Å²) in [5, 5.41) is 0. The molecule has 98 valence electrons. The Labute approximate surface area is 106 Å². The van der Waals surface area contributed by atoms with Crippen LogP contribution in [0.3, 0.4) is 0 Å². The molecule has 0 atom stereocenters. The second-order valence-corrected chi connectivity index (χ2v) is 3.50. The third-order valence-corrected chi connectivity index (χ3v) is 2.19. The Morgan fingerprint density at radius 3 is 1.89 bits per heavy atom. The van der Waals surface area contributed by atoms with Gasteiger partial charge < -0.3 is 18.9 Å². The number of hydrogen-bond donors (Lipinski definition) is 0. The fraction of sp³-hybridized carbons (Fsp3) is 0.308. The van der Waals surface area contributed by atoms with Gasteiger partial charge in [-0.05, 0) is 6.92 Å². The average Bonchev–Trinajstić information content (AvgIpc) is 2.35. The molecule has 0 fully saturated rings. The molecule has 0 saturated heterocycles. The number of allylic oxidation sites excluding steroid dienone is 1. The van der Waals surface area contributed by atoms with Crippen LogP contribution in [0, 0.1) is 0 Å². The van der Waals surface area contributed by atoms with E-state index in [9.17, 15) is 4.79 Å². The fourth-order valence-corrected chi connectivity index (χ4v) is 1.42. The molecule has 0 aromatic heterocycles. The van der Waals surface area contributed by atoms with Crippen molar-refractivity contribution in [3.8, 4) is 17.2 Å². The van der Waals surface area contributed by atoms with Gasteiger partial charge in [-0.25, -0.2) is 4.79 Å². The van der Waals surface area contributed by atoms with Crippen molar-refractivity contribution < 1.29 is 23.7 Å². The Kier molecular flexibility index (Phi) is 4.59. The molecule has 0 spiro atoms. The number of hydrogen-bond acceptors (Lipinski definition) is 5. The minimum absolute atomic E-state index is 0.198. The smallest absolute Gasteiger partial charge is 0.350 e. The summed E-state index contributed by atoms with van der Waals surface area (Å²) in [5.41, 5.74) is 0.198. The number of carbonyl (C=O) groups excluding carboxylic acids is 1. The number of ether oxygens (including phenoxy) is 4. The van der Waals surface area contributed by atoms with Gasteiger partial charge in [-0.2, -0.15) is 0 Å². The predicted octanol–water partition coefficient (Wildman–Crippen LogP) is 2.40. The average molecular weight is 252 g/mol. The Hall–Kier alpha value is -2.17. The van der Waals surface area contributed by atoms with E-state index < -0.39 is 5.97 Å². The van der Waals surface area contributed by atoms with E-state index in [0.717, 1.165) is 0 Å².